The molecule has 0 atom stereocenters. The number of rotatable bonds is 5. The van der Waals surface area contributed by atoms with Crippen molar-refractivity contribution in [2.45, 2.75) is 26.8 Å². The van der Waals surface area contributed by atoms with Crippen molar-refractivity contribution in [1.29, 1.82) is 0 Å². The molecule has 3 N–H and O–H groups in total. The fourth-order valence-electron chi connectivity index (χ4n) is 3.98. The lowest BCUT2D eigenvalue weighted by atomic mass is 10.1. The molecule has 6 aromatic heterocycles. The third-order valence-electron chi connectivity index (χ3n) is 5.46. The average Bonchev–Trinajstić information content (AvgIpc) is 3.55. The third-order valence-corrected chi connectivity index (χ3v) is 5.46. The summed E-state index contributed by atoms with van der Waals surface area (Å²) < 4.78 is 1.87. The van der Waals surface area contributed by atoms with Gasteiger partial charge in [-0.2, -0.15) is 5.10 Å². The zero-order valence-corrected chi connectivity index (χ0v) is 18.9. The van der Waals surface area contributed by atoms with Gasteiger partial charge in [-0.1, -0.05) is 0 Å². The van der Waals surface area contributed by atoms with Crippen LogP contribution in [-0.4, -0.2) is 50.7 Å². The van der Waals surface area contributed by atoms with Gasteiger partial charge in [0, 0.05) is 36.4 Å². The van der Waals surface area contributed by atoms with E-state index in [9.17, 15) is 0 Å². The largest absolute Gasteiger partial charge is 0.382 e. The van der Waals surface area contributed by atoms with Crippen LogP contribution >= 0.6 is 0 Å². The van der Waals surface area contributed by atoms with E-state index < -0.39 is 0 Å². The molecule has 6 heterocycles. The van der Waals surface area contributed by atoms with E-state index >= 15 is 0 Å². The highest BCUT2D eigenvalue weighted by molar-refractivity contribution is 5.92. The van der Waals surface area contributed by atoms with Crippen LogP contribution < -0.4 is 5.32 Å². The van der Waals surface area contributed by atoms with Crippen molar-refractivity contribution in [1.82, 2.24) is 44.7 Å². The fraction of sp³-hybridized carbons (Fsp3) is 0.167. The summed E-state index contributed by atoms with van der Waals surface area (Å²) in [6.45, 7) is 6.13. The van der Waals surface area contributed by atoms with E-state index in [0.717, 1.165) is 44.7 Å². The van der Waals surface area contributed by atoms with Gasteiger partial charge in [-0.3, -0.25) is 14.6 Å². The first-order valence-corrected chi connectivity index (χ1v) is 11.0. The van der Waals surface area contributed by atoms with E-state index in [1.54, 1.807) is 12.5 Å². The summed E-state index contributed by atoms with van der Waals surface area (Å²) in [5, 5.41) is 11.0. The number of imidazole rings is 2. The molecule has 0 unspecified atom stereocenters. The second-order valence-electron chi connectivity index (χ2n) is 8.46. The van der Waals surface area contributed by atoms with Crippen molar-refractivity contribution in [2.75, 3.05) is 5.32 Å². The molecule has 0 saturated carbocycles. The Labute approximate surface area is 194 Å². The van der Waals surface area contributed by atoms with Gasteiger partial charge in [-0.05, 0) is 45.0 Å². The first kappa shape index (κ1) is 20.0. The second kappa shape index (κ2) is 7.77. The Morgan fingerprint density at radius 3 is 2.74 bits per heavy atom. The SMILES string of the molecule is Cc1cn(-c2nccc3[nH]c(-c4n[nH]c5ccc(-c6cncc(NC(C)C)c6)nc45)nc23)cn1. The van der Waals surface area contributed by atoms with Crippen LogP contribution in [0.3, 0.4) is 0 Å². The van der Waals surface area contributed by atoms with E-state index in [1.165, 1.54) is 0 Å². The van der Waals surface area contributed by atoms with Crippen molar-refractivity contribution in [3.8, 4) is 28.6 Å². The van der Waals surface area contributed by atoms with Crippen LogP contribution in [0, 0.1) is 6.92 Å². The van der Waals surface area contributed by atoms with Crippen LogP contribution in [0.2, 0.25) is 0 Å². The third kappa shape index (κ3) is 3.45. The number of H-pyrrole nitrogens is 2. The summed E-state index contributed by atoms with van der Waals surface area (Å²) >= 11 is 0. The van der Waals surface area contributed by atoms with Crippen LogP contribution in [0.4, 0.5) is 5.69 Å². The lowest BCUT2D eigenvalue weighted by molar-refractivity contribution is 0.898. The maximum absolute atomic E-state index is 4.90. The summed E-state index contributed by atoms with van der Waals surface area (Å²) in [4.78, 5) is 26.3. The molecule has 34 heavy (non-hydrogen) atoms. The molecule has 0 bridgehead atoms. The van der Waals surface area contributed by atoms with E-state index in [2.05, 4.69) is 49.3 Å². The maximum Gasteiger partial charge on any atom is 0.166 e. The topological polar surface area (TPSA) is 126 Å². The molecular formula is C24H22N10. The van der Waals surface area contributed by atoms with E-state index in [1.807, 2.05) is 54.3 Å². The van der Waals surface area contributed by atoms with E-state index in [4.69, 9.17) is 9.97 Å². The van der Waals surface area contributed by atoms with Gasteiger partial charge in [0.25, 0.3) is 0 Å². The van der Waals surface area contributed by atoms with Crippen LogP contribution in [-0.2, 0) is 0 Å². The van der Waals surface area contributed by atoms with Gasteiger partial charge < -0.3 is 10.3 Å². The maximum atomic E-state index is 4.90. The fourth-order valence-corrected chi connectivity index (χ4v) is 3.98. The normalized spacial score (nSPS) is 11.6. The van der Waals surface area contributed by atoms with Crippen molar-refractivity contribution >= 4 is 27.8 Å². The zero-order chi connectivity index (χ0) is 23.2. The minimum absolute atomic E-state index is 0.312. The molecule has 0 aromatic carbocycles. The van der Waals surface area contributed by atoms with Crippen molar-refractivity contribution in [2.24, 2.45) is 0 Å². The molecule has 0 aliphatic rings. The van der Waals surface area contributed by atoms with Gasteiger partial charge in [0.15, 0.2) is 17.3 Å². The van der Waals surface area contributed by atoms with Crippen molar-refractivity contribution in [3.05, 3.63) is 61.1 Å². The minimum atomic E-state index is 0.312. The predicted molar refractivity (Wildman–Crippen MR) is 131 cm³/mol. The first-order valence-electron chi connectivity index (χ1n) is 11.0. The van der Waals surface area contributed by atoms with Crippen LogP contribution in [0.15, 0.2) is 55.4 Å². The van der Waals surface area contributed by atoms with Crippen LogP contribution in [0.25, 0.3) is 50.7 Å². The Morgan fingerprint density at radius 2 is 1.91 bits per heavy atom. The molecule has 0 spiro atoms. The molecule has 168 valence electrons. The van der Waals surface area contributed by atoms with E-state index in [-0.39, 0.29) is 0 Å². The number of aromatic nitrogens is 9. The highest BCUT2D eigenvalue weighted by atomic mass is 15.2. The van der Waals surface area contributed by atoms with Crippen molar-refractivity contribution in [3.63, 3.8) is 0 Å². The highest BCUT2D eigenvalue weighted by Crippen LogP contribution is 2.29. The molecule has 10 heteroatoms. The Morgan fingerprint density at radius 1 is 1.00 bits per heavy atom. The second-order valence-corrected chi connectivity index (χ2v) is 8.46. The molecule has 0 saturated heterocycles. The number of nitrogens with zero attached hydrogens (tertiary/aromatic N) is 7. The number of fused-ring (bicyclic) bond motifs is 2. The Kier molecular flexibility index (Phi) is 4.58. The highest BCUT2D eigenvalue weighted by Gasteiger charge is 2.17. The van der Waals surface area contributed by atoms with Gasteiger partial charge in [0.2, 0.25) is 0 Å². The predicted octanol–water partition coefficient (Wildman–Crippen LogP) is 4.27. The Balaban J connectivity index is 1.45. The van der Waals surface area contributed by atoms with Gasteiger partial charge in [-0.15, -0.1) is 0 Å². The molecule has 0 amide bonds. The molecular weight excluding hydrogens is 428 g/mol. The van der Waals surface area contributed by atoms with E-state index in [0.29, 0.717) is 23.4 Å². The lowest BCUT2D eigenvalue weighted by Crippen LogP contribution is -2.09. The van der Waals surface area contributed by atoms with Gasteiger partial charge in [0.1, 0.15) is 17.4 Å². The Hall–Kier alpha value is -4.60. The number of anilines is 1. The first-order chi connectivity index (χ1) is 16.5. The van der Waals surface area contributed by atoms with Gasteiger partial charge >= 0.3 is 0 Å². The standard InChI is InChI=1S/C24H22N10/c1-13(2)28-16-8-15(9-25-10-16)17-4-5-19-20(29-17)22(33-32-19)23-30-18-6-7-26-24(21(18)31-23)34-11-14(3)27-12-34/h4-13,28H,1-3H3,(H,30,31)(H,32,33). The number of nitrogens with one attached hydrogen (secondary N) is 3. The number of aromatic amines is 2. The zero-order valence-electron chi connectivity index (χ0n) is 18.9. The lowest BCUT2D eigenvalue weighted by Gasteiger charge is -2.10. The smallest absolute Gasteiger partial charge is 0.166 e. The van der Waals surface area contributed by atoms with Crippen molar-refractivity contribution < 1.29 is 0 Å². The molecule has 0 aliphatic heterocycles. The average molecular weight is 451 g/mol. The number of aryl methyl sites for hydroxylation is 1. The van der Waals surface area contributed by atoms with Crippen LogP contribution in [0.5, 0.6) is 0 Å². The summed E-state index contributed by atoms with van der Waals surface area (Å²) in [6, 6.07) is 8.19. The number of hydrogen-bond acceptors (Lipinski definition) is 7. The molecule has 6 aromatic rings. The molecule has 0 fully saturated rings. The summed E-state index contributed by atoms with van der Waals surface area (Å²) in [7, 11) is 0. The number of hydrogen-bond donors (Lipinski definition) is 3. The number of pyridine rings is 3. The summed E-state index contributed by atoms with van der Waals surface area (Å²) in [5.41, 5.74) is 7.38. The van der Waals surface area contributed by atoms with Gasteiger partial charge in [-0.25, -0.2) is 19.9 Å². The monoisotopic (exact) mass is 450 g/mol. The molecule has 6 rings (SSSR count). The summed E-state index contributed by atoms with van der Waals surface area (Å²) in [5.74, 6) is 1.32. The summed E-state index contributed by atoms with van der Waals surface area (Å²) in [6.07, 6.45) is 9.03. The molecule has 0 radical (unpaired) electrons. The minimum Gasteiger partial charge on any atom is -0.382 e. The molecule has 10 nitrogen and oxygen atoms in total. The van der Waals surface area contributed by atoms with Crippen LogP contribution in [0.1, 0.15) is 19.5 Å². The Bertz CT molecular complexity index is 1640. The molecule has 0 aliphatic carbocycles. The quantitative estimate of drug-likeness (QED) is 0.358. The van der Waals surface area contributed by atoms with Gasteiger partial charge in [0.05, 0.1) is 28.1 Å².